The standard InChI is InChI=1S/C55H35N3/c1-2-15-36(16-3-1)37-31-33-40(34-32-37)51-45-25-8-10-27-47(45)52(48-28-11-9-26-46(48)51)41-21-12-22-42(35-41)53-56-54(49-29-13-19-38-17-4-6-23-43(38)49)58-55(57-53)50-30-14-20-39-18-5-7-24-44(39)50/h1-35H. The number of benzene rings is 10. The Morgan fingerprint density at radius 1 is 0.224 bits per heavy atom. The topological polar surface area (TPSA) is 38.7 Å². The van der Waals surface area contributed by atoms with Gasteiger partial charge in [0.2, 0.25) is 0 Å². The van der Waals surface area contributed by atoms with Crippen LogP contribution in [0.25, 0.3) is 111 Å². The van der Waals surface area contributed by atoms with Crippen LogP contribution in [0.3, 0.4) is 0 Å². The Morgan fingerprint density at radius 3 is 1.14 bits per heavy atom. The van der Waals surface area contributed by atoms with E-state index >= 15 is 0 Å². The molecular weight excluding hydrogens is 703 g/mol. The second-order valence-electron chi connectivity index (χ2n) is 14.7. The zero-order valence-electron chi connectivity index (χ0n) is 31.5. The lowest BCUT2D eigenvalue weighted by atomic mass is 9.85. The second-order valence-corrected chi connectivity index (χ2v) is 14.7. The number of nitrogens with zero attached hydrogens (tertiary/aromatic N) is 3. The molecule has 0 fully saturated rings. The molecule has 0 atom stereocenters. The SMILES string of the molecule is c1ccc(-c2ccc(-c3c4ccccc4c(-c4cccc(-c5nc(-c6cccc7ccccc67)nc(-c6cccc7ccccc67)n5)c4)c4ccccc34)cc2)cc1. The van der Waals surface area contributed by atoms with Crippen molar-refractivity contribution in [3.63, 3.8) is 0 Å². The first-order valence-electron chi connectivity index (χ1n) is 19.7. The van der Waals surface area contributed by atoms with Crippen LogP contribution >= 0.6 is 0 Å². The van der Waals surface area contributed by atoms with Crippen LogP contribution in [-0.2, 0) is 0 Å². The van der Waals surface area contributed by atoms with Crippen molar-refractivity contribution >= 4 is 43.1 Å². The number of rotatable bonds is 6. The molecule has 3 heteroatoms. The van der Waals surface area contributed by atoms with E-state index < -0.39 is 0 Å². The zero-order valence-corrected chi connectivity index (χ0v) is 31.5. The molecular formula is C55H35N3. The van der Waals surface area contributed by atoms with E-state index in [1.807, 2.05) is 0 Å². The van der Waals surface area contributed by atoms with Crippen LogP contribution < -0.4 is 0 Å². The molecule has 0 unspecified atom stereocenters. The molecule has 0 saturated heterocycles. The molecule has 11 aromatic rings. The summed E-state index contributed by atoms with van der Waals surface area (Å²) in [7, 11) is 0. The third kappa shape index (κ3) is 5.80. The summed E-state index contributed by atoms with van der Waals surface area (Å²) in [5.74, 6) is 1.92. The van der Waals surface area contributed by atoms with Gasteiger partial charge in [-0.25, -0.2) is 15.0 Å². The van der Waals surface area contributed by atoms with Crippen molar-refractivity contribution in [2.75, 3.05) is 0 Å². The Hall–Kier alpha value is -7.75. The van der Waals surface area contributed by atoms with Crippen LogP contribution in [0.5, 0.6) is 0 Å². The van der Waals surface area contributed by atoms with E-state index in [1.165, 1.54) is 49.4 Å². The lowest BCUT2D eigenvalue weighted by Crippen LogP contribution is -2.01. The van der Waals surface area contributed by atoms with Gasteiger partial charge in [-0.05, 0) is 82.5 Å². The minimum atomic E-state index is 0.631. The molecule has 0 N–H and O–H groups in total. The van der Waals surface area contributed by atoms with E-state index in [4.69, 9.17) is 15.0 Å². The molecule has 1 aromatic heterocycles. The molecule has 0 bridgehead atoms. The molecule has 0 amide bonds. The minimum Gasteiger partial charge on any atom is -0.208 e. The predicted octanol–water partition coefficient (Wildman–Crippen LogP) is 14.5. The van der Waals surface area contributed by atoms with E-state index in [-0.39, 0.29) is 0 Å². The average molecular weight is 738 g/mol. The summed E-state index contributed by atoms with van der Waals surface area (Å²) >= 11 is 0. The van der Waals surface area contributed by atoms with Gasteiger partial charge >= 0.3 is 0 Å². The fraction of sp³-hybridized carbons (Fsp3) is 0. The second kappa shape index (κ2) is 14.1. The van der Waals surface area contributed by atoms with Gasteiger partial charge in [0.1, 0.15) is 0 Å². The summed E-state index contributed by atoms with van der Waals surface area (Å²) in [6, 6.07) is 75.4. The summed E-state index contributed by atoms with van der Waals surface area (Å²) in [5.41, 5.74) is 10.0. The van der Waals surface area contributed by atoms with Crippen molar-refractivity contribution < 1.29 is 0 Å². The van der Waals surface area contributed by atoms with Crippen molar-refractivity contribution in [1.29, 1.82) is 0 Å². The lowest BCUT2D eigenvalue weighted by Gasteiger charge is -2.18. The van der Waals surface area contributed by atoms with Gasteiger partial charge in [-0.1, -0.05) is 206 Å². The lowest BCUT2D eigenvalue weighted by molar-refractivity contribution is 1.08. The van der Waals surface area contributed by atoms with Gasteiger partial charge < -0.3 is 0 Å². The maximum atomic E-state index is 5.25. The average Bonchev–Trinajstić information content (AvgIpc) is 3.30. The molecule has 0 spiro atoms. The van der Waals surface area contributed by atoms with Gasteiger partial charge in [0.15, 0.2) is 17.5 Å². The first kappa shape index (κ1) is 33.6. The van der Waals surface area contributed by atoms with Crippen LogP contribution in [0.1, 0.15) is 0 Å². The van der Waals surface area contributed by atoms with Crippen molar-refractivity contribution in [3.8, 4) is 67.5 Å². The Labute approximate surface area is 336 Å². The zero-order chi connectivity index (χ0) is 38.4. The van der Waals surface area contributed by atoms with Gasteiger partial charge in [0.25, 0.3) is 0 Å². The van der Waals surface area contributed by atoms with Crippen molar-refractivity contribution in [2.24, 2.45) is 0 Å². The van der Waals surface area contributed by atoms with Gasteiger partial charge in [-0.3, -0.25) is 0 Å². The summed E-state index contributed by atoms with van der Waals surface area (Å²) < 4.78 is 0. The molecule has 0 aliphatic carbocycles. The summed E-state index contributed by atoms with van der Waals surface area (Å²) in [5, 5.41) is 9.32. The fourth-order valence-corrected chi connectivity index (χ4v) is 8.61. The van der Waals surface area contributed by atoms with Gasteiger partial charge in [0, 0.05) is 16.7 Å². The smallest absolute Gasteiger partial charge is 0.164 e. The third-order valence-corrected chi connectivity index (χ3v) is 11.3. The van der Waals surface area contributed by atoms with E-state index in [0.717, 1.165) is 43.8 Å². The Morgan fingerprint density at radius 2 is 0.586 bits per heavy atom. The maximum absolute atomic E-state index is 5.25. The first-order valence-corrected chi connectivity index (χ1v) is 19.7. The molecule has 0 radical (unpaired) electrons. The molecule has 0 aliphatic rings. The highest BCUT2D eigenvalue weighted by atomic mass is 15.0. The highest BCUT2D eigenvalue weighted by Crippen LogP contribution is 2.44. The van der Waals surface area contributed by atoms with Gasteiger partial charge in [0.05, 0.1) is 0 Å². The van der Waals surface area contributed by atoms with Crippen LogP contribution in [-0.4, -0.2) is 15.0 Å². The molecule has 270 valence electrons. The molecule has 58 heavy (non-hydrogen) atoms. The normalized spacial score (nSPS) is 11.4. The largest absolute Gasteiger partial charge is 0.208 e. The molecule has 10 aromatic carbocycles. The van der Waals surface area contributed by atoms with Crippen molar-refractivity contribution in [2.45, 2.75) is 0 Å². The van der Waals surface area contributed by atoms with Gasteiger partial charge in [-0.2, -0.15) is 0 Å². The molecule has 0 saturated carbocycles. The fourth-order valence-electron chi connectivity index (χ4n) is 8.61. The Bertz CT molecular complexity index is 3170. The summed E-state index contributed by atoms with van der Waals surface area (Å²) in [6.45, 7) is 0. The van der Waals surface area contributed by atoms with Crippen LogP contribution in [0.15, 0.2) is 212 Å². The predicted molar refractivity (Wildman–Crippen MR) is 242 cm³/mol. The summed E-state index contributed by atoms with van der Waals surface area (Å²) in [6.07, 6.45) is 0. The minimum absolute atomic E-state index is 0.631. The van der Waals surface area contributed by atoms with E-state index in [9.17, 15) is 0 Å². The third-order valence-electron chi connectivity index (χ3n) is 11.3. The Kier molecular flexibility index (Phi) is 8.15. The number of hydrogen-bond acceptors (Lipinski definition) is 3. The van der Waals surface area contributed by atoms with E-state index in [2.05, 4.69) is 212 Å². The number of fused-ring (bicyclic) bond motifs is 4. The van der Waals surface area contributed by atoms with E-state index in [0.29, 0.717) is 17.5 Å². The van der Waals surface area contributed by atoms with Crippen LogP contribution in [0.4, 0.5) is 0 Å². The highest BCUT2D eigenvalue weighted by molar-refractivity contribution is 6.21. The maximum Gasteiger partial charge on any atom is 0.164 e. The molecule has 1 heterocycles. The Balaban J connectivity index is 1.11. The highest BCUT2D eigenvalue weighted by Gasteiger charge is 2.19. The summed E-state index contributed by atoms with van der Waals surface area (Å²) in [4.78, 5) is 15.7. The molecule has 3 nitrogen and oxygen atoms in total. The number of aromatic nitrogens is 3. The quantitative estimate of drug-likeness (QED) is 0.160. The first-order chi connectivity index (χ1) is 28.8. The van der Waals surface area contributed by atoms with Crippen LogP contribution in [0, 0.1) is 0 Å². The number of hydrogen-bond donors (Lipinski definition) is 0. The van der Waals surface area contributed by atoms with Gasteiger partial charge in [-0.15, -0.1) is 0 Å². The van der Waals surface area contributed by atoms with Crippen LogP contribution in [0.2, 0.25) is 0 Å². The molecule has 0 aliphatic heterocycles. The monoisotopic (exact) mass is 737 g/mol. The van der Waals surface area contributed by atoms with Crippen molar-refractivity contribution in [3.05, 3.63) is 212 Å². The van der Waals surface area contributed by atoms with E-state index in [1.54, 1.807) is 0 Å². The molecule has 11 rings (SSSR count). The van der Waals surface area contributed by atoms with Crippen molar-refractivity contribution in [1.82, 2.24) is 15.0 Å².